The summed E-state index contributed by atoms with van der Waals surface area (Å²) in [5.74, 6) is 0. The maximum Gasteiger partial charge on any atom is 0.143 e. The average Bonchev–Trinajstić information content (AvgIpc) is 3.98. The van der Waals surface area contributed by atoms with Crippen molar-refractivity contribution in [3.05, 3.63) is 267 Å². The summed E-state index contributed by atoms with van der Waals surface area (Å²) >= 11 is 0. The zero-order chi connectivity index (χ0) is 45.7. The Bertz CT molecular complexity index is 3930. The summed E-state index contributed by atoms with van der Waals surface area (Å²) in [6, 6.07) is 95.9. The van der Waals surface area contributed by atoms with Gasteiger partial charge >= 0.3 is 0 Å². The van der Waals surface area contributed by atoms with Crippen molar-refractivity contribution in [1.29, 1.82) is 0 Å². The Morgan fingerprint density at radius 2 is 0.768 bits per heavy atom. The van der Waals surface area contributed by atoms with Crippen molar-refractivity contribution in [2.45, 2.75) is 0 Å². The van der Waals surface area contributed by atoms with E-state index in [1.165, 1.54) is 49.6 Å². The van der Waals surface area contributed by atoms with Crippen LogP contribution in [0.4, 0.5) is 17.1 Å². The highest BCUT2D eigenvalue weighted by molar-refractivity contribution is 6.13. The molecular weight excluding hydrogens is 837 g/mol. The van der Waals surface area contributed by atoms with Crippen LogP contribution in [0.15, 0.2) is 271 Å². The minimum atomic E-state index is 0.895. The SMILES string of the molecule is c1ccc(-c2cccc(N(c3ccc(-c4ccc(-c5cccc(-n6c7ccccc7c7ccccc76)c5)cc4)cc3)c3ccc(-c4ccc5c(oc6ccccc65)c4-c4ccccc4)cc3)c2)cc1. The van der Waals surface area contributed by atoms with Crippen molar-refractivity contribution in [2.24, 2.45) is 0 Å². The number of benzene rings is 11. The summed E-state index contributed by atoms with van der Waals surface area (Å²) in [7, 11) is 0. The van der Waals surface area contributed by atoms with Crippen LogP contribution < -0.4 is 4.90 Å². The summed E-state index contributed by atoms with van der Waals surface area (Å²) in [6.45, 7) is 0. The van der Waals surface area contributed by atoms with Crippen molar-refractivity contribution in [2.75, 3.05) is 4.90 Å². The minimum Gasteiger partial charge on any atom is -0.455 e. The molecule has 0 aliphatic rings. The molecule has 2 heterocycles. The molecule has 0 saturated heterocycles. The van der Waals surface area contributed by atoms with Crippen LogP contribution in [-0.4, -0.2) is 4.57 Å². The second-order valence-electron chi connectivity index (χ2n) is 17.7. The largest absolute Gasteiger partial charge is 0.455 e. The van der Waals surface area contributed by atoms with Gasteiger partial charge in [-0.25, -0.2) is 0 Å². The van der Waals surface area contributed by atoms with Crippen LogP contribution in [0.1, 0.15) is 0 Å². The van der Waals surface area contributed by atoms with Crippen LogP contribution in [0.2, 0.25) is 0 Å². The van der Waals surface area contributed by atoms with Gasteiger partial charge in [0.1, 0.15) is 11.2 Å². The molecule has 0 fully saturated rings. The molecule has 0 atom stereocenters. The number of aromatic nitrogens is 1. The normalized spacial score (nSPS) is 11.5. The summed E-state index contributed by atoms with van der Waals surface area (Å²) in [6.07, 6.45) is 0. The molecule has 13 aromatic rings. The van der Waals surface area contributed by atoms with Crippen molar-refractivity contribution in [3.63, 3.8) is 0 Å². The first-order valence-corrected chi connectivity index (χ1v) is 23.6. The minimum absolute atomic E-state index is 0.895. The molecule has 0 unspecified atom stereocenters. The molecule has 11 aromatic carbocycles. The lowest BCUT2D eigenvalue weighted by Crippen LogP contribution is -2.10. The number of fused-ring (bicyclic) bond motifs is 6. The third-order valence-electron chi connectivity index (χ3n) is 13.6. The third kappa shape index (κ3) is 7.16. The molecule has 0 radical (unpaired) electrons. The van der Waals surface area contributed by atoms with E-state index in [4.69, 9.17) is 4.42 Å². The summed E-state index contributed by atoms with van der Waals surface area (Å²) in [5.41, 5.74) is 20.1. The maximum atomic E-state index is 6.62. The Kier molecular flexibility index (Phi) is 9.84. The average molecular weight is 881 g/mol. The van der Waals surface area contributed by atoms with E-state index in [0.717, 1.165) is 72.5 Å². The van der Waals surface area contributed by atoms with Crippen LogP contribution >= 0.6 is 0 Å². The first-order valence-electron chi connectivity index (χ1n) is 23.6. The molecule has 0 saturated carbocycles. The van der Waals surface area contributed by atoms with Crippen LogP contribution in [0.25, 0.3) is 105 Å². The van der Waals surface area contributed by atoms with Gasteiger partial charge in [0, 0.05) is 49.9 Å². The molecule has 0 spiro atoms. The van der Waals surface area contributed by atoms with Gasteiger partial charge < -0.3 is 13.9 Å². The van der Waals surface area contributed by atoms with Gasteiger partial charge in [0.2, 0.25) is 0 Å². The van der Waals surface area contributed by atoms with E-state index in [0.29, 0.717) is 0 Å². The number of nitrogens with zero attached hydrogens (tertiary/aromatic N) is 2. The fraction of sp³-hybridized carbons (Fsp3) is 0. The highest BCUT2D eigenvalue weighted by Crippen LogP contribution is 2.44. The molecular formula is C66H44N2O. The fourth-order valence-corrected chi connectivity index (χ4v) is 10.3. The van der Waals surface area contributed by atoms with Crippen LogP contribution in [0, 0.1) is 0 Å². The van der Waals surface area contributed by atoms with Gasteiger partial charge in [0.05, 0.1) is 11.0 Å². The van der Waals surface area contributed by atoms with Gasteiger partial charge in [-0.15, -0.1) is 0 Å². The van der Waals surface area contributed by atoms with E-state index >= 15 is 0 Å². The zero-order valence-corrected chi connectivity index (χ0v) is 37.7. The van der Waals surface area contributed by atoms with Gasteiger partial charge in [-0.05, 0) is 123 Å². The summed E-state index contributed by atoms with van der Waals surface area (Å²) in [5, 5.41) is 4.78. The molecule has 3 heteroatoms. The standard InChI is InChI=1S/C66H44N2O/c1-3-15-45(16-4-1)51-19-13-21-55(43-51)67(54-39-35-49(36-40-54)57-41-42-61-60-25-9-12-28-64(60)69-66(61)65(57)50-17-5-2-6-18-50)53-37-33-47(34-38-53)46-29-31-48(32-30-46)52-20-14-22-56(44-52)68-62-26-10-7-23-58(62)59-24-8-11-27-63(59)68/h1-44H. The van der Waals surface area contributed by atoms with E-state index < -0.39 is 0 Å². The van der Waals surface area contributed by atoms with E-state index in [1.807, 2.05) is 6.07 Å². The fourth-order valence-electron chi connectivity index (χ4n) is 10.3. The molecule has 0 aliphatic heterocycles. The number of hydrogen-bond donors (Lipinski definition) is 0. The predicted molar refractivity (Wildman–Crippen MR) is 290 cm³/mol. The van der Waals surface area contributed by atoms with Crippen molar-refractivity contribution in [3.8, 4) is 61.3 Å². The van der Waals surface area contributed by atoms with Gasteiger partial charge in [-0.2, -0.15) is 0 Å². The van der Waals surface area contributed by atoms with Gasteiger partial charge in [-0.3, -0.25) is 0 Å². The lowest BCUT2D eigenvalue weighted by atomic mass is 9.92. The molecule has 2 aromatic heterocycles. The number of hydrogen-bond acceptors (Lipinski definition) is 2. The van der Waals surface area contributed by atoms with E-state index in [2.05, 4.69) is 270 Å². The highest BCUT2D eigenvalue weighted by atomic mass is 16.3. The molecule has 0 bridgehead atoms. The van der Waals surface area contributed by atoms with Crippen molar-refractivity contribution >= 4 is 60.8 Å². The quantitative estimate of drug-likeness (QED) is 0.144. The topological polar surface area (TPSA) is 21.3 Å². The summed E-state index contributed by atoms with van der Waals surface area (Å²) < 4.78 is 9.00. The first kappa shape index (κ1) is 40.1. The Morgan fingerprint density at radius 1 is 0.290 bits per heavy atom. The van der Waals surface area contributed by atoms with Gasteiger partial charge in [0.15, 0.2) is 0 Å². The molecule has 324 valence electrons. The highest BCUT2D eigenvalue weighted by Gasteiger charge is 2.20. The second-order valence-corrected chi connectivity index (χ2v) is 17.7. The van der Waals surface area contributed by atoms with E-state index in [-0.39, 0.29) is 0 Å². The van der Waals surface area contributed by atoms with Crippen LogP contribution in [0.3, 0.4) is 0 Å². The smallest absolute Gasteiger partial charge is 0.143 e. The first-order chi connectivity index (χ1) is 34.2. The molecule has 0 amide bonds. The lowest BCUT2D eigenvalue weighted by Gasteiger charge is -2.26. The van der Waals surface area contributed by atoms with Crippen molar-refractivity contribution in [1.82, 2.24) is 4.57 Å². The number of rotatable bonds is 9. The van der Waals surface area contributed by atoms with Crippen molar-refractivity contribution < 1.29 is 4.42 Å². The van der Waals surface area contributed by atoms with Gasteiger partial charge in [-0.1, -0.05) is 194 Å². The molecule has 69 heavy (non-hydrogen) atoms. The number of para-hydroxylation sites is 3. The van der Waals surface area contributed by atoms with Gasteiger partial charge in [0.25, 0.3) is 0 Å². The third-order valence-corrected chi connectivity index (χ3v) is 13.6. The molecule has 0 N–H and O–H groups in total. The number of furan rings is 1. The monoisotopic (exact) mass is 880 g/mol. The molecule has 13 rings (SSSR count). The van der Waals surface area contributed by atoms with Crippen LogP contribution in [0.5, 0.6) is 0 Å². The van der Waals surface area contributed by atoms with E-state index in [1.54, 1.807) is 0 Å². The Hall–Kier alpha value is -9.18. The maximum absolute atomic E-state index is 6.62. The van der Waals surface area contributed by atoms with Crippen LogP contribution in [-0.2, 0) is 0 Å². The second kappa shape index (κ2) is 16.9. The Balaban J connectivity index is 0.847. The zero-order valence-electron chi connectivity index (χ0n) is 37.7. The Morgan fingerprint density at radius 3 is 1.42 bits per heavy atom. The molecule has 3 nitrogen and oxygen atoms in total. The number of anilines is 3. The Labute approximate surface area is 401 Å². The van der Waals surface area contributed by atoms with E-state index in [9.17, 15) is 0 Å². The lowest BCUT2D eigenvalue weighted by molar-refractivity contribution is 0.670. The molecule has 0 aliphatic carbocycles. The predicted octanol–water partition coefficient (Wildman–Crippen LogP) is 18.5. The summed E-state index contributed by atoms with van der Waals surface area (Å²) in [4.78, 5) is 2.35.